The summed E-state index contributed by atoms with van der Waals surface area (Å²) < 4.78 is 31.1. The molecule has 106 valence electrons. The van der Waals surface area contributed by atoms with E-state index in [2.05, 4.69) is 11.6 Å². The minimum atomic E-state index is -3.40. The molecule has 0 aliphatic rings. The van der Waals surface area contributed by atoms with Crippen molar-refractivity contribution in [3.8, 4) is 11.5 Å². The highest BCUT2D eigenvalue weighted by Gasteiger charge is 2.10. The van der Waals surface area contributed by atoms with Crippen LogP contribution in [0.15, 0.2) is 53.4 Å². The summed E-state index contributed by atoms with van der Waals surface area (Å²) >= 11 is 0. The highest BCUT2D eigenvalue weighted by Crippen LogP contribution is 2.23. The van der Waals surface area contributed by atoms with Crippen molar-refractivity contribution in [2.45, 2.75) is 18.2 Å². The Morgan fingerprint density at radius 1 is 0.950 bits per heavy atom. The van der Waals surface area contributed by atoms with Crippen LogP contribution >= 0.6 is 0 Å². The summed E-state index contributed by atoms with van der Waals surface area (Å²) in [5.74, 6) is 1.33. The molecule has 0 spiro atoms. The molecule has 0 heterocycles. The van der Waals surface area contributed by atoms with Crippen LogP contribution < -0.4 is 9.46 Å². The molecule has 0 amide bonds. The van der Waals surface area contributed by atoms with Crippen LogP contribution in [0.25, 0.3) is 0 Å². The van der Waals surface area contributed by atoms with Crippen LogP contribution in [-0.2, 0) is 16.4 Å². The lowest BCUT2D eigenvalue weighted by Gasteiger charge is -2.07. The van der Waals surface area contributed by atoms with Crippen LogP contribution in [0.1, 0.15) is 12.5 Å². The van der Waals surface area contributed by atoms with Gasteiger partial charge in [-0.3, -0.25) is 0 Å². The predicted octanol–water partition coefficient (Wildman–Crippen LogP) is 2.95. The molecule has 1 N–H and O–H groups in total. The molecule has 5 heteroatoms. The van der Waals surface area contributed by atoms with E-state index in [0.29, 0.717) is 5.75 Å². The maximum Gasteiger partial charge on any atom is 0.240 e. The summed E-state index contributed by atoms with van der Waals surface area (Å²) in [5.41, 5.74) is 1.24. The molecule has 0 aliphatic heterocycles. The standard InChI is InChI=1S/C15H17NO3S/c1-3-12-4-6-13(7-5-12)19-14-8-10-15(11-9-14)20(17,18)16-2/h4-11,16H,3H2,1-2H3. The lowest BCUT2D eigenvalue weighted by Crippen LogP contribution is -2.18. The van der Waals surface area contributed by atoms with E-state index >= 15 is 0 Å². The number of nitrogens with one attached hydrogen (secondary N) is 1. The van der Waals surface area contributed by atoms with E-state index in [-0.39, 0.29) is 4.90 Å². The molecule has 4 nitrogen and oxygen atoms in total. The molecule has 0 aliphatic carbocycles. The summed E-state index contributed by atoms with van der Waals surface area (Å²) in [7, 11) is -2.02. The first-order chi connectivity index (χ1) is 9.55. The average molecular weight is 291 g/mol. The minimum Gasteiger partial charge on any atom is -0.457 e. The summed E-state index contributed by atoms with van der Waals surface area (Å²) in [6, 6.07) is 14.1. The Labute approximate surface area is 119 Å². The van der Waals surface area contributed by atoms with E-state index < -0.39 is 10.0 Å². The predicted molar refractivity (Wildman–Crippen MR) is 78.6 cm³/mol. The number of aryl methyl sites for hydroxylation is 1. The molecule has 2 aromatic rings. The van der Waals surface area contributed by atoms with Gasteiger partial charge in [-0.05, 0) is 55.4 Å². The van der Waals surface area contributed by atoms with Crippen LogP contribution in [0.4, 0.5) is 0 Å². The van der Waals surface area contributed by atoms with E-state index in [1.807, 2.05) is 24.3 Å². The quantitative estimate of drug-likeness (QED) is 0.921. The Balaban J connectivity index is 2.14. The van der Waals surface area contributed by atoms with Crippen LogP contribution in [0.5, 0.6) is 11.5 Å². The van der Waals surface area contributed by atoms with Crippen molar-refractivity contribution in [3.63, 3.8) is 0 Å². The zero-order valence-corrected chi connectivity index (χ0v) is 12.3. The maximum absolute atomic E-state index is 11.6. The number of hydrogen-bond acceptors (Lipinski definition) is 3. The highest BCUT2D eigenvalue weighted by atomic mass is 32.2. The molecule has 0 unspecified atom stereocenters. The second kappa shape index (κ2) is 6.07. The van der Waals surface area contributed by atoms with Gasteiger partial charge in [0, 0.05) is 0 Å². The van der Waals surface area contributed by atoms with Gasteiger partial charge in [0.25, 0.3) is 0 Å². The third kappa shape index (κ3) is 3.37. The third-order valence-electron chi connectivity index (χ3n) is 2.97. The number of benzene rings is 2. The number of hydrogen-bond donors (Lipinski definition) is 1. The van der Waals surface area contributed by atoms with E-state index in [4.69, 9.17) is 4.74 Å². The van der Waals surface area contributed by atoms with Crippen LogP contribution in [0.2, 0.25) is 0 Å². The van der Waals surface area contributed by atoms with Gasteiger partial charge in [0.15, 0.2) is 0 Å². The molecule has 0 saturated carbocycles. The Morgan fingerprint density at radius 2 is 1.45 bits per heavy atom. The SMILES string of the molecule is CCc1ccc(Oc2ccc(S(=O)(=O)NC)cc2)cc1. The van der Waals surface area contributed by atoms with Gasteiger partial charge in [0.05, 0.1) is 4.90 Å². The number of ether oxygens (including phenoxy) is 1. The fourth-order valence-electron chi connectivity index (χ4n) is 1.73. The molecule has 0 saturated heterocycles. The molecule has 0 radical (unpaired) electrons. The maximum atomic E-state index is 11.6. The number of rotatable bonds is 5. The molecule has 2 aromatic carbocycles. The van der Waals surface area contributed by atoms with Crippen molar-refractivity contribution in [1.29, 1.82) is 0 Å². The molecular formula is C15H17NO3S. The van der Waals surface area contributed by atoms with Crippen molar-refractivity contribution in [1.82, 2.24) is 4.72 Å². The van der Waals surface area contributed by atoms with Crippen molar-refractivity contribution in [2.24, 2.45) is 0 Å². The fourth-order valence-corrected chi connectivity index (χ4v) is 2.46. The third-order valence-corrected chi connectivity index (χ3v) is 4.40. The molecule has 2 rings (SSSR count). The van der Waals surface area contributed by atoms with E-state index in [9.17, 15) is 8.42 Å². The highest BCUT2D eigenvalue weighted by molar-refractivity contribution is 7.89. The summed E-state index contributed by atoms with van der Waals surface area (Å²) in [6.45, 7) is 2.09. The molecule has 0 bridgehead atoms. The largest absolute Gasteiger partial charge is 0.457 e. The second-order valence-corrected chi connectivity index (χ2v) is 6.17. The monoisotopic (exact) mass is 291 g/mol. The summed E-state index contributed by atoms with van der Waals surface area (Å²) in [6.07, 6.45) is 0.983. The Bertz CT molecular complexity index is 661. The van der Waals surface area contributed by atoms with Gasteiger partial charge in [-0.1, -0.05) is 19.1 Å². The summed E-state index contributed by atoms with van der Waals surface area (Å²) in [5, 5.41) is 0. The van der Waals surface area contributed by atoms with Crippen molar-refractivity contribution >= 4 is 10.0 Å². The fraction of sp³-hybridized carbons (Fsp3) is 0.200. The van der Waals surface area contributed by atoms with Gasteiger partial charge in [-0.2, -0.15) is 0 Å². The van der Waals surface area contributed by atoms with Crippen LogP contribution in [0.3, 0.4) is 0 Å². The van der Waals surface area contributed by atoms with Gasteiger partial charge in [-0.25, -0.2) is 13.1 Å². The molecule has 0 fully saturated rings. The zero-order chi connectivity index (χ0) is 14.6. The topological polar surface area (TPSA) is 55.4 Å². The van der Waals surface area contributed by atoms with Gasteiger partial charge in [-0.15, -0.1) is 0 Å². The average Bonchev–Trinajstić information content (AvgIpc) is 2.48. The molecular weight excluding hydrogens is 274 g/mol. The van der Waals surface area contributed by atoms with Crippen molar-refractivity contribution in [3.05, 3.63) is 54.1 Å². The number of sulfonamides is 1. The lowest BCUT2D eigenvalue weighted by atomic mass is 10.2. The van der Waals surface area contributed by atoms with Gasteiger partial charge >= 0.3 is 0 Å². The Kier molecular flexibility index (Phi) is 4.42. The van der Waals surface area contributed by atoms with E-state index in [0.717, 1.165) is 12.2 Å². The summed E-state index contributed by atoms with van der Waals surface area (Å²) in [4.78, 5) is 0.216. The molecule has 0 atom stereocenters. The van der Waals surface area contributed by atoms with Crippen LogP contribution in [0, 0.1) is 0 Å². The van der Waals surface area contributed by atoms with E-state index in [1.54, 1.807) is 12.1 Å². The first kappa shape index (κ1) is 14.6. The van der Waals surface area contributed by atoms with Crippen LogP contribution in [-0.4, -0.2) is 15.5 Å². The minimum absolute atomic E-state index is 0.216. The van der Waals surface area contributed by atoms with Crippen molar-refractivity contribution < 1.29 is 13.2 Å². The Hall–Kier alpha value is -1.85. The first-order valence-corrected chi connectivity index (χ1v) is 7.84. The smallest absolute Gasteiger partial charge is 0.240 e. The van der Waals surface area contributed by atoms with Gasteiger partial charge in [0.1, 0.15) is 11.5 Å². The van der Waals surface area contributed by atoms with Gasteiger partial charge in [0.2, 0.25) is 10.0 Å². The molecule has 0 aromatic heterocycles. The van der Waals surface area contributed by atoms with Gasteiger partial charge < -0.3 is 4.74 Å². The Morgan fingerprint density at radius 3 is 1.90 bits per heavy atom. The second-order valence-electron chi connectivity index (χ2n) is 4.28. The molecule has 20 heavy (non-hydrogen) atoms. The normalized spacial score (nSPS) is 11.3. The van der Waals surface area contributed by atoms with Crippen molar-refractivity contribution in [2.75, 3.05) is 7.05 Å². The van der Waals surface area contributed by atoms with E-state index in [1.165, 1.54) is 24.7 Å². The zero-order valence-electron chi connectivity index (χ0n) is 11.5. The first-order valence-electron chi connectivity index (χ1n) is 6.35. The lowest BCUT2D eigenvalue weighted by molar-refractivity contribution is 0.482.